The molecule has 9 heteroatoms. The summed E-state index contributed by atoms with van der Waals surface area (Å²) in [6, 6.07) is 9.15. The Kier molecular flexibility index (Phi) is 6.74. The monoisotopic (exact) mass is 486 g/mol. The van der Waals surface area contributed by atoms with Crippen molar-refractivity contribution in [1.29, 1.82) is 5.41 Å². The van der Waals surface area contributed by atoms with Gasteiger partial charge in [-0.2, -0.15) is 13.2 Å². The van der Waals surface area contributed by atoms with Crippen molar-refractivity contribution >= 4 is 22.7 Å². The molecule has 4 rings (SSSR count). The summed E-state index contributed by atoms with van der Waals surface area (Å²) in [7, 11) is 1.54. The maximum absolute atomic E-state index is 13.0. The van der Waals surface area contributed by atoms with E-state index in [1.54, 1.807) is 48.6 Å². The molecule has 1 aliphatic carbocycles. The van der Waals surface area contributed by atoms with Gasteiger partial charge in [0.25, 0.3) is 0 Å². The maximum atomic E-state index is 13.0. The van der Waals surface area contributed by atoms with E-state index in [9.17, 15) is 13.2 Å². The molecule has 3 aromatic rings. The van der Waals surface area contributed by atoms with E-state index in [-0.39, 0.29) is 5.92 Å². The largest absolute Gasteiger partial charge is 0.479 e. The van der Waals surface area contributed by atoms with Crippen LogP contribution >= 0.6 is 11.3 Å². The van der Waals surface area contributed by atoms with Crippen LogP contribution in [0.25, 0.3) is 10.7 Å². The van der Waals surface area contributed by atoms with Gasteiger partial charge < -0.3 is 15.0 Å². The third kappa shape index (κ3) is 4.84. The van der Waals surface area contributed by atoms with E-state index < -0.39 is 11.7 Å². The predicted octanol–water partition coefficient (Wildman–Crippen LogP) is 6.69. The van der Waals surface area contributed by atoms with Gasteiger partial charge >= 0.3 is 6.18 Å². The average molecular weight is 487 g/mol. The summed E-state index contributed by atoms with van der Waals surface area (Å²) in [5.41, 5.74) is 2.97. The van der Waals surface area contributed by atoms with Crippen LogP contribution in [0, 0.1) is 5.41 Å². The second kappa shape index (κ2) is 9.58. The number of pyridine rings is 1. The Morgan fingerprint density at radius 3 is 2.59 bits per heavy atom. The van der Waals surface area contributed by atoms with Crippen LogP contribution in [0.4, 0.5) is 18.9 Å². The zero-order valence-electron chi connectivity index (χ0n) is 18.9. The fraction of sp³-hybridized carbons (Fsp3) is 0.320. The second-order valence-corrected chi connectivity index (χ2v) is 9.29. The summed E-state index contributed by atoms with van der Waals surface area (Å²) in [6.07, 6.45) is -0.0303. The quantitative estimate of drug-likeness (QED) is 0.378. The lowest BCUT2D eigenvalue weighted by Gasteiger charge is -2.22. The average Bonchev–Trinajstić information content (AvgIpc) is 3.26. The smallest absolute Gasteiger partial charge is 0.416 e. The van der Waals surface area contributed by atoms with Gasteiger partial charge in [0.1, 0.15) is 16.4 Å². The molecule has 0 radical (unpaired) electrons. The number of aryl methyl sites for hydroxylation is 1. The van der Waals surface area contributed by atoms with E-state index in [4.69, 9.17) is 15.1 Å². The third-order valence-corrected chi connectivity index (χ3v) is 6.94. The molecule has 1 unspecified atom stereocenters. The Hall–Kier alpha value is -3.20. The van der Waals surface area contributed by atoms with Crippen LogP contribution in [0.3, 0.4) is 0 Å². The van der Waals surface area contributed by atoms with Crippen LogP contribution < -0.4 is 9.64 Å². The van der Waals surface area contributed by atoms with E-state index in [0.29, 0.717) is 29.5 Å². The van der Waals surface area contributed by atoms with E-state index in [1.807, 2.05) is 12.1 Å². The molecule has 0 aliphatic heterocycles. The highest BCUT2D eigenvalue weighted by Gasteiger charge is 2.31. The van der Waals surface area contributed by atoms with Gasteiger partial charge in [-0.15, -0.1) is 11.3 Å². The molecule has 1 atom stereocenters. The first-order valence-electron chi connectivity index (χ1n) is 10.9. The number of rotatable bonds is 7. The standard InChI is InChI=1S/C25H25F3N4OS/c1-4-32(14-15(2)29)20-13-12-19(30-23(20)33-3)24-31-22-18(6-5-7-21(22)34-24)16-8-10-17(11-9-16)25(26,27)28/h4,8-13,18,29H,1,5-7,14H2,2-3H3. The summed E-state index contributed by atoms with van der Waals surface area (Å²) < 4.78 is 44.4. The molecule has 0 amide bonds. The van der Waals surface area contributed by atoms with Crippen LogP contribution in [0.2, 0.25) is 0 Å². The molecule has 0 fully saturated rings. The molecule has 1 N–H and O–H groups in total. The molecular formula is C25H25F3N4OS. The Morgan fingerprint density at radius 1 is 1.24 bits per heavy atom. The highest BCUT2D eigenvalue weighted by atomic mass is 32.1. The number of thiazole rings is 1. The molecule has 178 valence electrons. The van der Waals surface area contributed by atoms with Crippen LogP contribution in [0.15, 0.2) is 49.2 Å². The number of aromatic nitrogens is 2. The third-order valence-electron chi connectivity index (χ3n) is 5.78. The Labute approximate surface area is 200 Å². The summed E-state index contributed by atoms with van der Waals surface area (Å²) in [5.74, 6) is 0.370. The number of hydrogen-bond donors (Lipinski definition) is 1. The lowest BCUT2D eigenvalue weighted by molar-refractivity contribution is -0.137. The van der Waals surface area contributed by atoms with Crippen molar-refractivity contribution in [2.45, 2.75) is 38.3 Å². The number of ether oxygens (including phenoxy) is 1. The first kappa shape index (κ1) is 23.9. The number of nitrogens with one attached hydrogen (secondary N) is 1. The Balaban J connectivity index is 1.66. The van der Waals surface area contributed by atoms with Crippen LogP contribution in [-0.2, 0) is 12.6 Å². The maximum Gasteiger partial charge on any atom is 0.416 e. The molecule has 34 heavy (non-hydrogen) atoms. The Morgan fingerprint density at radius 2 is 1.97 bits per heavy atom. The normalized spacial score (nSPS) is 15.5. The summed E-state index contributed by atoms with van der Waals surface area (Å²) in [4.78, 5) is 12.5. The topological polar surface area (TPSA) is 62.1 Å². The number of fused-ring (bicyclic) bond motifs is 1. The lowest BCUT2D eigenvalue weighted by atomic mass is 9.85. The zero-order valence-corrected chi connectivity index (χ0v) is 19.8. The van der Waals surface area contributed by atoms with Gasteiger partial charge in [-0.1, -0.05) is 18.7 Å². The highest BCUT2D eigenvalue weighted by Crippen LogP contribution is 2.42. The summed E-state index contributed by atoms with van der Waals surface area (Å²) in [6.45, 7) is 5.92. The minimum atomic E-state index is -4.35. The van der Waals surface area contributed by atoms with Crippen molar-refractivity contribution in [3.8, 4) is 16.6 Å². The van der Waals surface area contributed by atoms with Crippen molar-refractivity contribution < 1.29 is 17.9 Å². The fourth-order valence-corrected chi connectivity index (χ4v) is 5.32. The van der Waals surface area contributed by atoms with Crippen molar-refractivity contribution in [2.24, 2.45) is 0 Å². The molecule has 0 spiro atoms. The lowest BCUT2D eigenvalue weighted by Crippen LogP contribution is -2.22. The zero-order chi connectivity index (χ0) is 24.5. The second-order valence-electron chi connectivity index (χ2n) is 8.21. The number of halogens is 3. The number of hydrogen-bond acceptors (Lipinski definition) is 6. The predicted molar refractivity (Wildman–Crippen MR) is 129 cm³/mol. The van der Waals surface area contributed by atoms with E-state index >= 15 is 0 Å². The number of methoxy groups -OCH3 is 1. The fourth-order valence-electron chi connectivity index (χ4n) is 4.18. The van der Waals surface area contributed by atoms with Crippen molar-refractivity contribution in [2.75, 3.05) is 18.6 Å². The van der Waals surface area contributed by atoms with Crippen LogP contribution in [0.5, 0.6) is 5.88 Å². The van der Waals surface area contributed by atoms with Gasteiger partial charge in [-0.3, -0.25) is 0 Å². The molecule has 0 bridgehead atoms. The molecular weight excluding hydrogens is 461 g/mol. The van der Waals surface area contributed by atoms with Crippen molar-refractivity contribution in [3.63, 3.8) is 0 Å². The number of anilines is 1. The van der Waals surface area contributed by atoms with Crippen LogP contribution in [0.1, 0.15) is 47.4 Å². The van der Waals surface area contributed by atoms with Gasteiger partial charge in [0.15, 0.2) is 0 Å². The van der Waals surface area contributed by atoms with Gasteiger partial charge in [0.05, 0.1) is 24.9 Å². The highest BCUT2D eigenvalue weighted by molar-refractivity contribution is 7.15. The van der Waals surface area contributed by atoms with E-state index in [1.165, 1.54) is 0 Å². The minimum absolute atomic E-state index is 0.0379. The van der Waals surface area contributed by atoms with Gasteiger partial charge in [-0.05, 0) is 62.2 Å². The molecule has 2 heterocycles. The van der Waals surface area contributed by atoms with Gasteiger partial charge in [0, 0.05) is 16.5 Å². The van der Waals surface area contributed by atoms with E-state index in [0.717, 1.165) is 52.5 Å². The molecule has 1 aliphatic rings. The summed E-state index contributed by atoms with van der Waals surface area (Å²) in [5, 5.41) is 8.53. The Bertz CT molecular complexity index is 1200. The van der Waals surface area contributed by atoms with E-state index in [2.05, 4.69) is 11.6 Å². The first-order valence-corrected chi connectivity index (χ1v) is 11.7. The minimum Gasteiger partial charge on any atom is -0.479 e. The van der Waals surface area contributed by atoms with Gasteiger partial charge in [-0.25, -0.2) is 9.97 Å². The number of nitrogens with zero attached hydrogens (tertiary/aromatic N) is 3. The molecule has 0 saturated carbocycles. The van der Waals surface area contributed by atoms with Crippen molar-refractivity contribution in [1.82, 2.24) is 9.97 Å². The SMILES string of the molecule is C=CN(CC(C)=N)c1ccc(-c2nc3c(s2)CCCC3c2ccc(C(F)(F)F)cc2)nc1OC. The first-order chi connectivity index (χ1) is 16.2. The molecule has 5 nitrogen and oxygen atoms in total. The van der Waals surface area contributed by atoms with Crippen LogP contribution in [-0.4, -0.2) is 29.3 Å². The molecule has 1 aromatic carbocycles. The number of benzene rings is 1. The number of alkyl halides is 3. The molecule has 0 saturated heterocycles. The summed E-state index contributed by atoms with van der Waals surface area (Å²) >= 11 is 1.57. The molecule has 2 aromatic heterocycles. The van der Waals surface area contributed by atoms with Gasteiger partial charge in [0.2, 0.25) is 5.88 Å². The van der Waals surface area contributed by atoms with Crippen molar-refractivity contribution in [3.05, 3.63) is 70.9 Å².